The molecule has 3 atom stereocenters. The van der Waals surface area contributed by atoms with Crippen LogP contribution in [0.4, 0.5) is 4.39 Å². The molecule has 3 aliphatic rings. The Morgan fingerprint density at radius 3 is 2.68 bits per heavy atom. The molecule has 1 amide bonds. The number of rotatable bonds is 5. The van der Waals surface area contributed by atoms with Crippen molar-refractivity contribution in [2.45, 2.75) is 62.6 Å². The normalized spacial score (nSPS) is 30.6. The summed E-state index contributed by atoms with van der Waals surface area (Å²) in [5, 5.41) is 0. The van der Waals surface area contributed by atoms with Gasteiger partial charge in [0.05, 0.1) is 5.60 Å². The van der Waals surface area contributed by atoms with Gasteiger partial charge in [-0.2, -0.15) is 0 Å². The number of ether oxygens (including phenoxy) is 2. The summed E-state index contributed by atoms with van der Waals surface area (Å²) in [6.07, 6.45) is 7.80. The second-order valence-corrected chi connectivity index (χ2v) is 8.50. The first-order chi connectivity index (χ1) is 13.6. The fourth-order valence-electron chi connectivity index (χ4n) is 5.20. The van der Waals surface area contributed by atoms with Crippen LogP contribution in [0.1, 0.15) is 44.9 Å². The predicted octanol–water partition coefficient (Wildman–Crippen LogP) is 3.23. The number of carbonyl (C=O) groups excluding carboxylic acids is 1. The molecule has 1 aromatic carbocycles. The van der Waals surface area contributed by atoms with Crippen LogP contribution in [0.15, 0.2) is 24.3 Å². The van der Waals surface area contributed by atoms with Gasteiger partial charge in [0.25, 0.3) is 5.91 Å². The molecule has 2 saturated heterocycles. The summed E-state index contributed by atoms with van der Waals surface area (Å²) in [4.78, 5) is 17.3. The van der Waals surface area contributed by atoms with E-state index in [9.17, 15) is 9.18 Å². The Bertz CT molecular complexity index is 669. The smallest absolute Gasteiger partial charge is 0.260 e. The molecular weight excluding hydrogens is 359 g/mol. The van der Waals surface area contributed by atoms with Crippen molar-refractivity contribution in [1.82, 2.24) is 9.80 Å². The number of carbonyl (C=O) groups is 1. The SMILES string of the molecule is CN(C(=O)COc1ccc(F)cc1)[C@@H]1CC[C@]2(CCCO2)C[C@H]1N1CCCC1. The van der Waals surface area contributed by atoms with Crippen molar-refractivity contribution >= 4 is 5.91 Å². The average molecular weight is 390 g/mol. The Labute approximate surface area is 166 Å². The number of halogens is 1. The molecule has 0 N–H and O–H groups in total. The van der Waals surface area contributed by atoms with Gasteiger partial charge in [-0.1, -0.05) is 0 Å². The second-order valence-electron chi connectivity index (χ2n) is 8.50. The van der Waals surface area contributed by atoms with Gasteiger partial charge in [-0.05, 0) is 82.3 Å². The van der Waals surface area contributed by atoms with Crippen molar-refractivity contribution in [1.29, 1.82) is 0 Å². The topological polar surface area (TPSA) is 42.0 Å². The molecule has 6 heteroatoms. The van der Waals surface area contributed by atoms with Crippen molar-refractivity contribution in [3.63, 3.8) is 0 Å². The van der Waals surface area contributed by atoms with E-state index in [1.807, 2.05) is 11.9 Å². The molecule has 0 bridgehead atoms. The molecule has 1 saturated carbocycles. The van der Waals surface area contributed by atoms with Gasteiger partial charge in [-0.15, -0.1) is 0 Å². The molecule has 2 aliphatic heterocycles. The molecule has 5 nitrogen and oxygen atoms in total. The van der Waals surface area contributed by atoms with Crippen LogP contribution in [0, 0.1) is 5.82 Å². The maximum absolute atomic E-state index is 13.0. The van der Waals surface area contributed by atoms with Crippen LogP contribution in [-0.4, -0.2) is 66.7 Å². The van der Waals surface area contributed by atoms with Crippen LogP contribution in [0.5, 0.6) is 5.75 Å². The molecule has 1 spiro atoms. The standard InChI is InChI=1S/C22H31FN2O3/c1-24(21(26)16-27-18-7-5-17(23)6-8-18)19-9-11-22(10-4-14-28-22)15-20(19)25-12-2-3-13-25/h5-8,19-20H,2-4,9-16H2,1H3/t19-,20-,22-/m1/s1. The number of hydrogen-bond donors (Lipinski definition) is 0. The third-order valence-electron chi connectivity index (χ3n) is 6.78. The van der Waals surface area contributed by atoms with Crippen LogP contribution in [0.2, 0.25) is 0 Å². The second kappa shape index (κ2) is 8.37. The fourth-order valence-corrected chi connectivity index (χ4v) is 5.20. The Hall–Kier alpha value is -1.66. The molecule has 1 aliphatic carbocycles. The molecular formula is C22H31FN2O3. The monoisotopic (exact) mass is 390 g/mol. The van der Waals surface area contributed by atoms with Gasteiger partial charge in [0.1, 0.15) is 11.6 Å². The zero-order chi connectivity index (χ0) is 19.6. The number of likely N-dealkylation sites (N-methyl/N-ethyl adjacent to an activating group) is 1. The summed E-state index contributed by atoms with van der Waals surface area (Å²) >= 11 is 0. The molecule has 2 heterocycles. The van der Waals surface area contributed by atoms with Gasteiger partial charge in [-0.25, -0.2) is 4.39 Å². The summed E-state index contributed by atoms with van der Waals surface area (Å²) in [5.74, 6) is 0.178. The Balaban J connectivity index is 1.41. The van der Waals surface area contributed by atoms with E-state index in [1.54, 1.807) is 12.1 Å². The van der Waals surface area contributed by atoms with E-state index >= 15 is 0 Å². The van der Waals surface area contributed by atoms with Crippen LogP contribution >= 0.6 is 0 Å². The lowest BCUT2D eigenvalue weighted by molar-refractivity contribution is -0.139. The minimum Gasteiger partial charge on any atom is -0.484 e. The van der Waals surface area contributed by atoms with Crippen LogP contribution < -0.4 is 4.74 Å². The molecule has 154 valence electrons. The molecule has 3 fully saturated rings. The molecule has 0 aromatic heterocycles. The zero-order valence-corrected chi connectivity index (χ0v) is 16.7. The van der Waals surface area contributed by atoms with E-state index in [0.29, 0.717) is 11.8 Å². The van der Waals surface area contributed by atoms with Crippen molar-refractivity contribution in [3.05, 3.63) is 30.1 Å². The minimum atomic E-state index is -0.311. The first-order valence-electron chi connectivity index (χ1n) is 10.6. The molecule has 0 unspecified atom stereocenters. The molecule has 28 heavy (non-hydrogen) atoms. The largest absolute Gasteiger partial charge is 0.484 e. The zero-order valence-electron chi connectivity index (χ0n) is 16.7. The number of hydrogen-bond acceptors (Lipinski definition) is 4. The first-order valence-corrected chi connectivity index (χ1v) is 10.6. The van der Waals surface area contributed by atoms with E-state index in [-0.39, 0.29) is 30.0 Å². The Morgan fingerprint density at radius 2 is 2.00 bits per heavy atom. The summed E-state index contributed by atoms with van der Waals surface area (Å²) in [5.41, 5.74) is 0.0260. The minimum absolute atomic E-state index is 0.0208. The summed E-state index contributed by atoms with van der Waals surface area (Å²) < 4.78 is 24.8. The lowest BCUT2D eigenvalue weighted by atomic mass is 9.76. The number of amides is 1. The lowest BCUT2D eigenvalue weighted by Crippen LogP contribution is -2.58. The van der Waals surface area contributed by atoms with Crippen molar-refractivity contribution in [2.24, 2.45) is 0 Å². The van der Waals surface area contributed by atoms with Crippen molar-refractivity contribution < 1.29 is 18.7 Å². The van der Waals surface area contributed by atoms with Gasteiger partial charge >= 0.3 is 0 Å². The summed E-state index contributed by atoms with van der Waals surface area (Å²) in [7, 11) is 1.90. The Morgan fingerprint density at radius 1 is 1.25 bits per heavy atom. The van der Waals surface area contributed by atoms with E-state index in [0.717, 1.165) is 51.8 Å². The number of benzene rings is 1. The van der Waals surface area contributed by atoms with Crippen LogP contribution in [0.3, 0.4) is 0 Å². The van der Waals surface area contributed by atoms with E-state index in [2.05, 4.69) is 4.90 Å². The number of nitrogens with zero attached hydrogens (tertiary/aromatic N) is 2. The maximum Gasteiger partial charge on any atom is 0.260 e. The highest BCUT2D eigenvalue weighted by Crippen LogP contribution is 2.42. The van der Waals surface area contributed by atoms with Gasteiger partial charge in [0, 0.05) is 25.7 Å². The molecule has 1 aromatic rings. The average Bonchev–Trinajstić information content (AvgIpc) is 3.39. The fraction of sp³-hybridized carbons (Fsp3) is 0.682. The summed E-state index contributed by atoms with van der Waals surface area (Å²) in [6, 6.07) is 6.34. The maximum atomic E-state index is 13.0. The first kappa shape index (κ1) is 19.6. The van der Waals surface area contributed by atoms with Gasteiger partial charge in [-0.3, -0.25) is 9.69 Å². The van der Waals surface area contributed by atoms with Gasteiger partial charge in [0.15, 0.2) is 6.61 Å². The third kappa shape index (κ3) is 4.18. The van der Waals surface area contributed by atoms with Gasteiger partial charge in [0.2, 0.25) is 0 Å². The predicted molar refractivity (Wildman–Crippen MR) is 105 cm³/mol. The summed E-state index contributed by atoms with van der Waals surface area (Å²) in [6.45, 7) is 3.08. The molecule has 4 rings (SSSR count). The van der Waals surface area contributed by atoms with E-state index < -0.39 is 0 Å². The number of likely N-dealkylation sites (tertiary alicyclic amines) is 1. The third-order valence-corrected chi connectivity index (χ3v) is 6.78. The van der Waals surface area contributed by atoms with E-state index in [1.165, 1.54) is 25.0 Å². The van der Waals surface area contributed by atoms with Crippen molar-refractivity contribution in [2.75, 3.05) is 33.4 Å². The quantitative estimate of drug-likeness (QED) is 0.774. The molecule has 0 radical (unpaired) electrons. The highest BCUT2D eigenvalue weighted by Gasteiger charge is 2.47. The Kier molecular flexibility index (Phi) is 5.88. The van der Waals surface area contributed by atoms with Crippen LogP contribution in [0.25, 0.3) is 0 Å². The van der Waals surface area contributed by atoms with Gasteiger partial charge < -0.3 is 14.4 Å². The highest BCUT2D eigenvalue weighted by atomic mass is 19.1. The van der Waals surface area contributed by atoms with E-state index in [4.69, 9.17) is 9.47 Å². The van der Waals surface area contributed by atoms with Crippen LogP contribution in [-0.2, 0) is 9.53 Å². The highest BCUT2D eigenvalue weighted by molar-refractivity contribution is 5.78. The van der Waals surface area contributed by atoms with Crippen molar-refractivity contribution in [3.8, 4) is 5.75 Å². The lowest BCUT2D eigenvalue weighted by Gasteiger charge is -2.48.